The Hall–Kier alpha value is -3.70. The molecule has 1 atom stereocenters. The molecule has 0 bridgehead atoms. The minimum Gasteiger partial charge on any atom is -0.347 e. The van der Waals surface area contributed by atoms with E-state index in [0.29, 0.717) is 6.04 Å². The van der Waals surface area contributed by atoms with Crippen LogP contribution in [0.3, 0.4) is 0 Å². The van der Waals surface area contributed by atoms with Gasteiger partial charge in [0.15, 0.2) is 0 Å². The fourth-order valence-electron chi connectivity index (χ4n) is 6.73. The molecular weight excluding hydrogens is 494 g/mol. The third kappa shape index (κ3) is 5.23. The Labute approximate surface area is 237 Å². The molecule has 0 radical (unpaired) electrons. The van der Waals surface area contributed by atoms with E-state index < -0.39 is 5.54 Å². The van der Waals surface area contributed by atoms with Crippen LogP contribution in [-0.2, 0) is 10.3 Å². The average Bonchev–Trinajstić information content (AvgIpc) is 3.00. The van der Waals surface area contributed by atoms with Crippen LogP contribution in [0.5, 0.6) is 0 Å². The van der Waals surface area contributed by atoms with E-state index >= 15 is 0 Å². The van der Waals surface area contributed by atoms with Gasteiger partial charge in [-0.2, -0.15) is 0 Å². The van der Waals surface area contributed by atoms with E-state index in [9.17, 15) is 9.59 Å². The molecule has 5 heteroatoms. The standard InChI is InChI=1S/C35H39N3O2/c1-35(2,28-14-4-3-5-15-28)36-33(39)27-13-10-20-38(24-27)29-18-21-37(22-19-29)34(40)32-30-16-8-6-11-25(30)23-26-12-7-9-17-31(26)32/h3-9,11-12,14-17,23,27,29H,10,13,18-22,24H2,1-2H3,(H,36,39). The lowest BCUT2D eigenvalue weighted by molar-refractivity contribution is -0.129. The van der Waals surface area contributed by atoms with Crippen molar-refractivity contribution in [3.8, 4) is 0 Å². The van der Waals surface area contributed by atoms with Crippen LogP contribution in [-0.4, -0.2) is 53.8 Å². The second kappa shape index (κ2) is 11.1. The minimum atomic E-state index is -0.405. The summed E-state index contributed by atoms with van der Waals surface area (Å²) in [5.41, 5.74) is 1.54. The molecule has 40 heavy (non-hydrogen) atoms. The van der Waals surface area contributed by atoms with Crippen molar-refractivity contribution in [2.24, 2.45) is 5.92 Å². The van der Waals surface area contributed by atoms with E-state index in [2.05, 4.69) is 66.5 Å². The van der Waals surface area contributed by atoms with Gasteiger partial charge in [-0.05, 0) is 79.3 Å². The van der Waals surface area contributed by atoms with Crippen molar-refractivity contribution in [1.82, 2.24) is 15.1 Å². The lowest BCUT2D eigenvalue weighted by Crippen LogP contribution is -2.53. The number of hydrogen-bond acceptors (Lipinski definition) is 3. The number of fused-ring (bicyclic) bond motifs is 2. The van der Waals surface area contributed by atoms with Crippen LogP contribution < -0.4 is 5.32 Å². The number of piperidine rings is 2. The molecule has 2 aliphatic rings. The first kappa shape index (κ1) is 26.5. The molecule has 1 N–H and O–H groups in total. The summed E-state index contributed by atoms with van der Waals surface area (Å²) in [5, 5.41) is 7.57. The summed E-state index contributed by atoms with van der Waals surface area (Å²) in [4.78, 5) is 31.9. The second-order valence-electron chi connectivity index (χ2n) is 12.0. The summed E-state index contributed by atoms with van der Waals surface area (Å²) in [6, 6.07) is 29.2. The number of likely N-dealkylation sites (tertiary alicyclic amines) is 2. The fraction of sp³-hybridized carbons (Fsp3) is 0.371. The predicted octanol–water partition coefficient (Wildman–Crippen LogP) is 6.36. The summed E-state index contributed by atoms with van der Waals surface area (Å²) < 4.78 is 0. The molecule has 4 aromatic carbocycles. The molecule has 206 valence electrons. The zero-order valence-corrected chi connectivity index (χ0v) is 23.6. The normalized spacial score (nSPS) is 19.1. The Morgan fingerprint density at radius 3 is 2.02 bits per heavy atom. The van der Waals surface area contributed by atoms with Gasteiger partial charge in [0.25, 0.3) is 5.91 Å². The van der Waals surface area contributed by atoms with Gasteiger partial charge in [0.1, 0.15) is 0 Å². The van der Waals surface area contributed by atoms with Crippen LogP contribution in [0.2, 0.25) is 0 Å². The fourth-order valence-corrected chi connectivity index (χ4v) is 6.73. The molecule has 0 aliphatic carbocycles. The van der Waals surface area contributed by atoms with Gasteiger partial charge in [-0.1, -0.05) is 78.9 Å². The Bertz CT molecular complexity index is 1470. The molecule has 2 aliphatic heterocycles. The van der Waals surface area contributed by atoms with Crippen LogP contribution in [0.15, 0.2) is 84.9 Å². The number of nitrogens with zero attached hydrogens (tertiary/aromatic N) is 2. The zero-order chi connectivity index (χ0) is 27.7. The third-order valence-electron chi connectivity index (χ3n) is 9.01. The number of hydrogen-bond donors (Lipinski definition) is 1. The maximum absolute atomic E-state index is 14.0. The van der Waals surface area contributed by atoms with Crippen LogP contribution >= 0.6 is 0 Å². The minimum absolute atomic E-state index is 0.00144. The van der Waals surface area contributed by atoms with Gasteiger partial charge < -0.3 is 10.2 Å². The zero-order valence-electron chi connectivity index (χ0n) is 23.6. The van der Waals surface area contributed by atoms with Gasteiger partial charge in [0.05, 0.1) is 17.0 Å². The molecule has 0 saturated carbocycles. The van der Waals surface area contributed by atoms with Gasteiger partial charge in [-0.3, -0.25) is 14.5 Å². The van der Waals surface area contributed by atoms with Crippen molar-refractivity contribution in [2.75, 3.05) is 26.2 Å². The van der Waals surface area contributed by atoms with Gasteiger partial charge in [0, 0.05) is 25.7 Å². The molecule has 0 spiro atoms. The lowest BCUT2D eigenvalue weighted by Gasteiger charge is -2.42. The molecule has 0 aromatic heterocycles. The number of benzene rings is 4. The Morgan fingerprint density at radius 1 is 0.775 bits per heavy atom. The van der Waals surface area contributed by atoms with Gasteiger partial charge in [-0.25, -0.2) is 0 Å². The summed E-state index contributed by atoms with van der Waals surface area (Å²) in [7, 11) is 0. The van der Waals surface area contributed by atoms with E-state index in [0.717, 1.165) is 84.5 Å². The van der Waals surface area contributed by atoms with E-state index in [1.165, 1.54) is 0 Å². The molecule has 2 amide bonds. The van der Waals surface area contributed by atoms with Crippen molar-refractivity contribution >= 4 is 33.4 Å². The number of nitrogens with one attached hydrogen (secondary N) is 1. The smallest absolute Gasteiger partial charge is 0.255 e. The van der Waals surface area contributed by atoms with Crippen molar-refractivity contribution in [2.45, 2.75) is 51.1 Å². The Kier molecular flexibility index (Phi) is 7.33. The van der Waals surface area contributed by atoms with Crippen LogP contribution in [0.4, 0.5) is 0 Å². The molecule has 2 fully saturated rings. The maximum atomic E-state index is 14.0. The monoisotopic (exact) mass is 533 g/mol. The van der Waals surface area contributed by atoms with Crippen molar-refractivity contribution in [3.05, 3.63) is 96.1 Å². The van der Waals surface area contributed by atoms with Crippen LogP contribution in [0.25, 0.3) is 21.5 Å². The average molecular weight is 534 g/mol. The highest BCUT2D eigenvalue weighted by Gasteiger charge is 2.35. The Morgan fingerprint density at radius 2 is 1.38 bits per heavy atom. The summed E-state index contributed by atoms with van der Waals surface area (Å²) >= 11 is 0. The third-order valence-corrected chi connectivity index (χ3v) is 9.01. The number of amides is 2. The number of carbonyl (C=O) groups excluding carboxylic acids is 2. The molecule has 2 saturated heterocycles. The first-order valence-electron chi connectivity index (χ1n) is 14.7. The van der Waals surface area contributed by atoms with Crippen molar-refractivity contribution < 1.29 is 9.59 Å². The molecular formula is C35H39N3O2. The van der Waals surface area contributed by atoms with E-state index in [1.807, 2.05) is 47.4 Å². The van der Waals surface area contributed by atoms with Crippen molar-refractivity contribution in [1.29, 1.82) is 0 Å². The molecule has 6 rings (SSSR count). The first-order valence-corrected chi connectivity index (χ1v) is 14.7. The predicted molar refractivity (Wildman–Crippen MR) is 162 cm³/mol. The second-order valence-corrected chi connectivity index (χ2v) is 12.0. The van der Waals surface area contributed by atoms with E-state index in [1.54, 1.807) is 0 Å². The Balaban J connectivity index is 1.12. The number of rotatable bonds is 5. The summed E-state index contributed by atoms with van der Waals surface area (Å²) in [5.74, 6) is 0.276. The van der Waals surface area contributed by atoms with Crippen molar-refractivity contribution in [3.63, 3.8) is 0 Å². The topological polar surface area (TPSA) is 52.7 Å². The summed E-state index contributed by atoms with van der Waals surface area (Å²) in [6.07, 6.45) is 3.85. The maximum Gasteiger partial charge on any atom is 0.255 e. The highest BCUT2D eigenvalue weighted by atomic mass is 16.2. The van der Waals surface area contributed by atoms with E-state index in [-0.39, 0.29) is 17.7 Å². The summed E-state index contributed by atoms with van der Waals surface area (Å²) in [6.45, 7) is 7.46. The van der Waals surface area contributed by atoms with Crippen LogP contribution in [0.1, 0.15) is 55.5 Å². The lowest BCUT2D eigenvalue weighted by atomic mass is 9.90. The molecule has 4 aromatic rings. The quantitative estimate of drug-likeness (QED) is 0.304. The van der Waals surface area contributed by atoms with Gasteiger partial charge >= 0.3 is 0 Å². The molecule has 1 unspecified atom stereocenters. The van der Waals surface area contributed by atoms with Gasteiger partial charge in [0.2, 0.25) is 5.91 Å². The SMILES string of the molecule is CC(C)(NC(=O)C1CCCN(C2CCN(C(=O)c3c4ccccc4cc4ccccc34)CC2)C1)c1ccccc1. The molecule has 5 nitrogen and oxygen atoms in total. The highest BCUT2D eigenvalue weighted by Crippen LogP contribution is 2.31. The molecule has 2 heterocycles. The largest absolute Gasteiger partial charge is 0.347 e. The first-order chi connectivity index (χ1) is 19.4. The van der Waals surface area contributed by atoms with Gasteiger partial charge in [-0.15, -0.1) is 0 Å². The van der Waals surface area contributed by atoms with E-state index in [4.69, 9.17) is 0 Å². The van der Waals surface area contributed by atoms with Crippen LogP contribution in [0, 0.1) is 5.92 Å². The number of carbonyl (C=O) groups is 2. The highest BCUT2D eigenvalue weighted by molar-refractivity contribution is 6.18.